The van der Waals surface area contributed by atoms with Crippen LogP contribution in [0.25, 0.3) is 0 Å². The summed E-state index contributed by atoms with van der Waals surface area (Å²) in [7, 11) is 2.24. The molecule has 0 amide bonds. The van der Waals surface area contributed by atoms with E-state index in [4.69, 9.17) is 11.6 Å². The summed E-state index contributed by atoms with van der Waals surface area (Å²) in [5.41, 5.74) is 1.78. The van der Waals surface area contributed by atoms with Crippen LogP contribution >= 0.6 is 11.6 Å². The van der Waals surface area contributed by atoms with Crippen LogP contribution in [-0.2, 0) is 0 Å². The summed E-state index contributed by atoms with van der Waals surface area (Å²) in [5.74, 6) is 0. The molecule has 0 aromatic heterocycles. The van der Waals surface area contributed by atoms with Crippen molar-refractivity contribution >= 4 is 11.6 Å². The smallest absolute Gasteiger partial charge is 0.0409 e. The van der Waals surface area contributed by atoms with Gasteiger partial charge in [-0.2, -0.15) is 0 Å². The van der Waals surface area contributed by atoms with Gasteiger partial charge in [0.05, 0.1) is 0 Å². The van der Waals surface area contributed by atoms with Gasteiger partial charge < -0.3 is 5.32 Å². The minimum absolute atomic E-state index is 0.409. The van der Waals surface area contributed by atoms with Gasteiger partial charge in [-0.15, -0.1) is 0 Å². The highest BCUT2D eigenvalue weighted by Crippen LogP contribution is 2.35. The minimum atomic E-state index is 0.409. The molecule has 0 aliphatic carbocycles. The van der Waals surface area contributed by atoms with Crippen molar-refractivity contribution in [3.63, 3.8) is 0 Å². The van der Waals surface area contributed by atoms with E-state index in [-0.39, 0.29) is 0 Å². The second-order valence-corrected chi connectivity index (χ2v) is 6.69. The fourth-order valence-corrected chi connectivity index (χ4v) is 3.47. The topological polar surface area (TPSA) is 15.3 Å². The maximum atomic E-state index is 6.11. The van der Waals surface area contributed by atoms with E-state index in [1.165, 1.54) is 31.4 Å². The number of rotatable bonds is 5. The van der Waals surface area contributed by atoms with Crippen molar-refractivity contribution in [2.24, 2.45) is 5.41 Å². The summed E-state index contributed by atoms with van der Waals surface area (Å²) >= 11 is 6.11. The number of hydrogen-bond donors (Lipinski definition) is 1. The summed E-state index contributed by atoms with van der Waals surface area (Å²) < 4.78 is 0. The van der Waals surface area contributed by atoms with E-state index in [1.807, 2.05) is 12.1 Å². The zero-order valence-electron chi connectivity index (χ0n) is 13.0. The number of hydrogen-bond acceptors (Lipinski definition) is 2. The monoisotopic (exact) mass is 294 g/mol. The Bertz CT molecular complexity index is 427. The molecule has 1 atom stereocenters. The predicted octanol–water partition coefficient (Wildman–Crippen LogP) is 4.11. The molecule has 20 heavy (non-hydrogen) atoms. The summed E-state index contributed by atoms with van der Waals surface area (Å²) in [6.07, 6.45) is 3.84. The summed E-state index contributed by atoms with van der Waals surface area (Å²) in [6.45, 7) is 8.10. The highest BCUT2D eigenvalue weighted by molar-refractivity contribution is 6.30. The molecule has 0 bridgehead atoms. The fraction of sp³-hybridized carbons (Fsp3) is 0.647. The molecule has 2 rings (SSSR count). The Morgan fingerprint density at radius 2 is 2.05 bits per heavy atom. The number of nitrogens with one attached hydrogen (secondary N) is 1. The quantitative estimate of drug-likeness (QED) is 0.879. The van der Waals surface area contributed by atoms with Crippen molar-refractivity contribution in [3.05, 3.63) is 34.9 Å². The van der Waals surface area contributed by atoms with Crippen molar-refractivity contribution in [1.29, 1.82) is 0 Å². The lowest BCUT2D eigenvalue weighted by Gasteiger charge is -2.41. The Morgan fingerprint density at radius 1 is 1.35 bits per heavy atom. The number of benzene rings is 1. The maximum Gasteiger partial charge on any atom is 0.0409 e. The van der Waals surface area contributed by atoms with Gasteiger partial charge in [-0.3, -0.25) is 4.90 Å². The van der Waals surface area contributed by atoms with Crippen LogP contribution in [0.2, 0.25) is 5.02 Å². The molecule has 1 saturated heterocycles. The molecule has 1 heterocycles. The fourth-order valence-electron chi connectivity index (χ4n) is 3.27. The predicted molar refractivity (Wildman–Crippen MR) is 87.3 cm³/mol. The molecule has 1 aromatic rings. The Balaban J connectivity index is 2.04. The van der Waals surface area contributed by atoms with Crippen LogP contribution in [0.1, 0.15) is 44.7 Å². The molecular weight excluding hydrogens is 268 g/mol. The zero-order chi connectivity index (χ0) is 14.6. The Labute approximate surface area is 128 Å². The van der Waals surface area contributed by atoms with Crippen LogP contribution < -0.4 is 5.32 Å². The summed E-state index contributed by atoms with van der Waals surface area (Å²) in [4.78, 5) is 2.49. The molecule has 0 spiro atoms. The Kier molecular flexibility index (Phi) is 5.48. The van der Waals surface area contributed by atoms with Crippen LogP contribution in [0.3, 0.4) is 0 Å². The Morgan fingerprint density at radius 3 is 2.65 bits per heavy atom. The van der Waals surface area contributed by atoms with Gasteiger partial charge in [0.1, 0.15) is 0 Å². The molecule has 0 saturated carbocycles. The molecule has 1 aliphatic heterocycles. The van der Waals surface area contributed by atoms with Crippen LogP contribution in [0.15, 0.2) is 24.3 Å². The first-order valence-electron chi connectivity index (χ1n) is 7.73. The van der Waals surface area contributed by atoms with Gasteiger partial charge in [-0.05, 0) is 69.4 Å². The molecule has 112 valence electrons. The van der Waals surface area contributed by atoms with Crippen molar-refractivity contribution in [3.8, 4) is 0 Å². The Hall–Kier alpha value is -0.570. The molecular formula is C17H27ClN2. The van der Waals surface area contributed by atoms with E-state index in [0.717, 1.165) is 18.1 Å². The van der Waals surface area contributed by atoms with Crippen molar-refractivity contribution in [1.82, 2.24) is 10.2 Å². The van der Waals surface area contributed by atoms with E-state index >= 15 is 0 Å². The van der Waals surface area contributed by atoms with Gasteiger partial charge in [0.2, 0.25) is 0 Å². The van der Waals surface area contributed by atoms with Gasteiger partial charge in [0.15, 0.2) is 0 Å². The summed E-state index contributed by atoms with van der Waals surface area (Å²) in [5, 5.41) is 4.31. The van der Waals surface area contributed by atoms with Crippen molar-refractivity contribution in [2.75, 3.05) is 26.7 Å². The first-order chi connectivity index (χ1) is 9.56. The zero-order valence-corrected chi connectivity index (χ0v) is 13.7. The second kappa shape index (κ2) is 6.93. The maximum absolute atomic E-state index is 6.11. The minimum Gasteiger partial charge on any atom is -0.317 e. The second-order valence-electron chi connectivity index (χ2n) is 6.25. The van der Waals surface area contributed by atoms with Crippen LogP contribution in [0, 0.1) is 5.41 Å². The van der Waals surface area contributed by atoms with Crippen LogP contribution in [0.4, 0.5) is 0 Å². The number of halogens is 1. The van der Waals surface area contributed by atoms with Gasteiger partial charge in [-0.1, -0.05) is 30.7 Å². The molecule has 2 nitrogen and oxygen atoms in total. The lowest BCUT2D eigenvalue weighted by atomic mass is 9.76. The van der Waals surface area contributed by atoms with Gasteiger partial charge in [-0.25, -0.2) is 0 Å². The number of nitrogens with zero attached hydrogens (tertiary/aromatic N) is 1. The van der Waals surface area contributed by atoms with E-state index in [1.54, 1.807) is 0 Å². The molecule has 1 unspecified atom stereocenters. The van der Waals surface area contributed by atoms with E-state index in [9.17, 15) is 0 Å². The van der Waals surface area contributed by atoms with E-state index in [0.29, 0.717) is 11.5 Å². The SMILES string of the molecule is CCC1(CN(C)C(C)c2cccc(Cl)c2)CCNCC1. The normalized spacial score (nSPS) is 20.1. The first kappa shape index (κ1) is 15.8. The molecule has 1 fully saturated rings. The first-order valence-corrected chi connectivity index (χ1v) is 8.10. The largest absolute Gasteiger partial charge is 0.317 e. The van der Waals surface area contributed by atoms with Crippen molar-refractivity contribution in [2.45, 2.75) is 39.2 Å². The average Bonchev–Trinajstić information content (AvgIpc) is 2.47. The van der Waals surface area contributed by atoms with E-state index in [2.05, 4.69) is 43.2 Å². The van der Waals surface area contributed by atoms with E-state index < -0.39 is 0 Å². The average molecular weight is 295 g/mol. The standard InChI is InChI=1S/C17H27ClN2/c1-4-17(8-10-19-11-9-17)13-20(3)14(2)15-6-5-7-16(18)12-15/h5-7,12,14,19H,4,8-11,13H2,1-3H3. The molecule has 0 radical (unpaired) electrons. The van der Waals surface area contributed by atoms with Crippen LogP contribution in [0.5, 0.6) is 0 Å². The molecule has 1 aliphatic rings. The highest BCUT2D eigenvalue weighted by Gasteiger charge is 2.32. The van der Waals surface area contributed by atoms with Gasteiger partial charge in [0.25, 0.3) is 0 Å². The molecule has 3 heteroatoms. The van der Waals surface area contributed by atoms with Gasteiger partial charge in [0, 0.05) is 17.6 Å². The van der Waals surface area contributed by atoms with Crippen LogP contribution in [-0.4, -0.2) is 31.6 Å². The summed E-state index contributed by atoms with van der Waals surface area (Å²) in [6, 6.07) is 8.66. The molecule has 1 aromatic carbocycles. The molecule has 1 N–H and O–H groups in total. The van der Waals surface area contributed by atoms with Gasteiger partial charge >= 0.3 is 0 Å². The lowest BCUT2D eigenvalue weighted by Crippen LogP contribution is -2.44. The highest BCUT2D eigenvalue weighted by atomic mass is 35.5. The third-order valence-corrected chi connectivity index (χ3v) is 5.23. The lowest BCUT2D eigenvalue weighted by molar-refractivity contribution is 0.101. The third-order valence-electron chi connectivity index (χ3n) is 4.99. The van der Waals surface area contributed by atoms with Crippen molar-refractivity contribution < 1.29 is 0 Å². The third kappa shape index (κ3) is 3.75. The number of piperidine rings is 1.